The van der Waals surface area contributed by atoms with Crippen molar-refractivity contribution in [3.63, 3.8) is 0 Å². The summed E-state index contributed by atoms with van der Waals surface area (Å²) in [5, 5.41) is 0. The second kappa shape index (κ2) is 6.89. The fourth-order valence-corrected chi connectivity index (χ4v) is 1.64. The Morgan fingerprint density at radius 1 is 1.25 bits per heavy atom. The number of ketones is 1. The molecule has 0 spiro atoms. The molecule has 0 N–H and O–H groups in total. The molecule has 0 aliphatic carbocycles. The number of rotatable bonds is 7. The van der Waals surface area contributed by atoms with Crippen LogP contribution in [0.25, 0.3) is 0 Å². The van der Waals surface area contributed by atoms with Gasteiger partial charge in [-0.1, -0.05) is 24.8 Å². The van der Waals surface area contributed by atoms with Crippen LogP contribution in [0.1, 0.15) is 20.8 Å². The summed E-state index contributed by atoms with van der Waals surface area (Å²) in [7, 11) is 0. The van der Waals surface area contributed by atoms with Crippen LogP contribution in [0.15, 0.2) is 42.5 Å². The zero-order chi connectivity index (χ0) is 15.2. The molecule has 0 amide bonds. The molecule has 0 radical (unpaired) electrons. The molecule has 1 aromatic carbocycles. The summed E-state index contributed by atoms with van der Waals surface area (Å²) in [6.07, 6.45) is 0. The molecule has 0 aliphatic heterocycles. The van der Waals surface area contributed by atoms with E-state index in [-0.39, 0.29) is 19.0 Å². The van der Waals surface area contributed by atoms with Crippen LogP contribution in [0, 0.1) is 5.41 Å². The smallest absolute Gasteiger partial charge is 0.323 e. The normalized spacial score (nSPS) is 13.2. The van der Waals surface area contributed by atoms with E-state index in [1.165, 1.54) is 13.8 Å². The van der Waals surface area contributed by atoms with Crippen LogP contribution in [0.2, 0.25) is 0 Å². The SMILES string of the molecule is C=C(COc1ccccc1)C(C)(C(C)=O)C(=O)OCC. The third kappa shape index (κ3) is 3.47. The summed E-state index contributed by atoms with van der Waals surface area (Å²) in [6, 6.07) is 9.15. The first-order valence-electron chi connectivity index (χ1n) is 6.47. The lowest BCUT2D eigenvalue weighted by Gasteiger charge is -2.26. The second-order valence-electron chi connectivity index (χ2n) is 4.61. The Morgan fingerprint density at radius 3 is 2.35 bits per heavy atom. The number of esters is 1. The molecule has 20 heavy (non-hydrogen) atoms. The van der Waals surface area contributed by atoms with Crippen LogP contribution in [-0.2, 0) is 14.3 Å². The van der Waals surface area contributed by atoms with E-state index in [9.17, 15) is 9.59 Å². The van der Waals surface area contributed by atoms with Crippen molar-refractivity contribution in [1.29, 1.82) is 0 Å². The monoisotopic (exact) mass is 276 g/mol. The van der Waals surface area contributed by atoms with E-state index in [1.807, 2.05) is 18.2 Å². The minimum Gasteiger partial charge on any atom is -0.489 e. The van der Waals surface area contributed by atoms with Crippen molar-refractivity contribution in [1.82, 2.24) is 0 Å². The number of hydrogen-bond acceptors (Lipinski definition) is 4. The first-order valence-corrected chi connectivity index (χ1v) is 6.47. The zero-order valence-corrected chi connectivity index (χ0v) is 12.1. The van der Waals surface area contributed by atoms with Gasteiger partial charge in [-0.25, -0.2) is 0 Å². The zero-order valence-electron chi connectivity index (χ0n) is 12.1. The van der Waals surface area contributed by atoms with Crippen molar-refractivity contribution in [2.24, 2.45) is 5.41 Å². The largest absolute Gasteiger partial charge is 0.489 e. The van der Waals surface area contributed by atoms with Crippen LogP contribution in [-0.4, -0.2) is 25.0 Å². The lowest BCUT2D eigenvalue weighted by molar-refractivity contribution is -0.156. The molecule has 0 heterocycles. The van der Waals surface area contributed by atoms with Gasteiger partial charge >= 0.3 is 5.97 Å². The predicted octanol–water partition coefficient (Wildman–Crippen LogP) is 2.78. The molecular formula is C16H20O4. The van der Waals surface area contributed by atoms with Crippen LogP contribution in [0.3, 0.4) is 0 Å². The molecule has 0 bridgehead atoms. The summed E-state index contributed by atoms with van der Waals surface area (Å²) in [5.74, 6) is -0.241. The van der Waals surface area contributed by atoms with Crippen molar-refractivity contribution in [2.45, 2.75) is 20.8 Å². The average molecular weight is 276 g/mol. The number of Topliss-reactive ketones (excluding diaryl/α,β-unsaturated/α-hetero) is 1. The fourth-order valence-electron chi connectivity index (χ4n) is 1.64. The maximum absolute atomic E-state index is 12.0. The summed E-state index contributed by atoms with van der Waals surface area (Å²) in [5.41, 5.74) is -0.988. The van der Waals surface area contributed by atoms with Gasteiger partial charge in [-0.2, -0.15) is 0 Å². The van der Waals surface area contributed by atoms with Crippen molar-refractivity contribution < 1.29 is 19.1 Å². The molecule has 1 atom stereocenters. The van der Waals surface area contributed by atoms with E-state index in [1.54, 1.807) is 19.1 Å². The van der Waals surface area contributed by atoms with Gasteiger partial charge in [-0.15, -0.1) is 0 Å². The highest BCUT2D eigenvalue weighted by molar-refractivity contribution is 6.05. The van der Waals surface area contributed by atoms with Gasteiger partial charge in [0.2, 0.25) is 0 Å². The third-order valence-corrected chi connectivity index (χ3v) is 3.25. The van der Waals surface area contributed by atoms with Crippen LogP contribution < -0.4 is 4.74 Å². The van der Waals surface area contributed by atoms with Gasteiger partial charge in [-0.3, -0.25) is 9.59 Å². The van der Waals surface area contributed by atoms with E-state index >= 15 is 0 Å². The highest BCUT2D eigenvalue weighted by Gasteiger charge is 2.42. The highest BCUT2D eigenvalue weighted by atomic mass is 16.5. The van der Waals surface area contributed by atoms with Gasteiger partial charge in [0.05, 0.1) is 6.61 Å². The van der Waals surface area contributed by atoms with Gasteiger partial charge < -0.3 is 9.47 Å². The van der Waals surface area contributed by atoms with Crippen molar-refractivity contribution in [2.75, 3.05) is 13.2 Å². The Morgan fingerprint density at radius 2 is 1.85 bits per heavy atom. The summed E-state index contributed by atoms with van der Waals surface area (Å²) in [6.45, 7) is 8.68. The molecule has 108 valence electrons. The Labute approximate surface area is 119 Å². The van der Waals surface area contributed by atoms with E-state index in [0.29, 0.717) is 11.3 Å². The molecule has 0 saturated heterocycles. The van der Waals surface area contributed by atoms with E-state index in [2.05, 4.69) is 6.58 Å². The number of ether oxygens (including phenoxy) is 2. The topological polar surface area (TPSA) is 52.6 Å². The highest BCUT2D eigenvalue weighted by Crippen LogP contribution is 2.29. The van der Waals surface area contributed by atoms with Crippen molar-refractivity contribution >= 4 is 11.8 Å². The Hall–Kier alpha value is -2.10. The molecule has 4 heteroatoms. The van der Waals surface area contributed by atoms with Gasteiger partial charge in [0.15, 0.2) is 5.78 Å². The maximum Gasteiger partial charge on any atom is 0.323 e. The number of carbonyl (C=O) groups is 2. The predicted molar refractivity (Wildman–Crippen MR) is 76.5 cm³/mol. The summed E-state index contributed by atoms with van der Waals surface area (Å²) >= 11 is 0. The molecule has 0 aliphatic rings. The Bertz CT molecular complexity index is 492. The lowest BCUT2D eigenvalue weighted by atomic mass is 9.79. The summed E-state index contributed by atoms with van der Waals surface area (Å²) in [4.78, 5) is 23.8. The van der Waals surface area contributed by atoms with Gasteiger partial charge in [0.1, 0.15) is 17.8 Å². The third-order valence-electron chi connectivity index (χ3n) is 3.25. The van der Waals surface area contributed by atoms with Crippen molar-refractivity contribution in [3.05, 3.63) is 42.5 Å². The standard InChI is InChI=1S/C16H20O4/c1-5-19-15(18)16(4,13(3)17)12(2)11-20-14-9-7-6-8-10-14/h6-10H,2,5,11H2,1,3-4H3. The Balaban J connectivity index is 2.80. The van der Waals surface area contributed by atoms with Crippen LogP contribution in [0.5, 0.6) is 5.75 Å². The molecule has 4 nitrogen and oxygen atoms in total. The van der Waals surface area contributed by atoms with Crippen molar-refractivity contribution in [3.8, 4) is 5.75 Å². The number of benzene rings is 1. The first kappa shape index (κ1) is 16.0. The average Bonchev–Trinajstić information content (AvgIpc) is 2.44. The molecule has 0 saturated carbocycles. The molecule has 1 rings (SSSR count). The molecule has 1 unspecified atom stereocenters. The van der Waals surface area contributed by atoms with Gasteiger partial charge in [0, 0.05) is 0 Å². The van der Waals surface area contributed by atoms with E-state index in [0.717, 1.165) is 0 Å². The number of hydrogen-bond donors (Lipinski definition) is 0. The Kier molecular flexibility index (Phi) is 5.50. The maximum atomic E-state index is 12.0. The minimum atomic E-state index is -1.37. The lowest BCUT2D eigenvalue weighted by Crippen LogP contribution is -2.39. The van der Waals surface area contributed by atoms with Gasteiger partial charge in [-0.05, 0) is 38.5 Å². The fraction of sp³-hybridized carbons (Fsp3) is 0.375. The van der Waals surface area contributed by atoms with Crippen LogP contribution in [0.4, 0.5) is 0 Å². The van der Waals surface area contributed by atoms with E-state index < -0.39 is 11.4 Å². The van der Waals surface area contributed by atoms with Gasteiger partial charge in [0.25, 0.3) is 0 Å². The van der Waals surface area contributed by atoms with Crippen LogP contribution >= 0.6 is 0 Å². The quantitative estimate of drug-likeness (QED) is 0.436. The molecule has 1 aromatic rings. The minimum absolute atomic E-state index is 0.0822. The molecular weight excluding hydrogens is 256 g/mol. The molecule has 0 fully saturated rings. The number of carbonyl (C=O) groups excluding carboxylic acids is 2. The molecule has 0 aromatic heterocycles. The second-order valence-corrected chi connectivity index (χ2v) is 4.61. The summed E-state index contributed by atoms with van der Waals surface area (Å²) < 4.78 is 10.5. The first-order chi connectivity index (χ1) is 9.42. The van der Waals surface area contributed by atoms with E-state index in [4.69, 9.17) is 9.47 Å². The number of para-hydroxylation sites is 1.